The number of rotatable bonds is 6. The van der Waals surface area contributed by atoms with Crippen molar-refractivity contribution in [3.63, 3.8) is 0 Å². The number of nitrogens with one attached hydrogen (secondary N) is 2. The van der Waals surface area contributed by atoms with Crippen molar-refractivity contribution < 1.29 is 9.53 Å². The van der Waals surface area contributed by atoms with Gasteiger partial charge in [0.1, 0.15) is 17.0 Å². The van der Waals surface area contributed by atoms with Gasteiger partial charge in [0.05, 0.1) is 16.7 Å². The number of carbonyl (C=O) groups is 1. The summed E-state index contributed by atoms with van der Waals surface area (Å²) in [5.41, 5.74) is 0. The highest BCUT2D eigenvalue weighted by atomic mass is 35.5. The van der Waals surface area contributed by atoms with E-state index in [9.17, 15) is 4.79 Å². The molecule has 1 amide bonds. The molecule has 0 radical (unpaired) electrons. The Balaban J connectivity index is 2.63. The van der Waals surface area contributed by atoms with Gasteiger partial charge in [0.25, 0.3) is 0 Å². The first-order chi connectivity index (χ1) is 8.95. The summed E-state index contributed by atoms with van der Waals surface area (Å²) in [7, 11) is 1.56. The summed E-state index contributed by atoms with van der Waals surface area (Å²) in [6.45, 7) is 2.57. The van der Waals surface area contributed by atoms with Crippen LogP contribution in [-0.4, -0.2) is 37.2 Å². The SMILES string of the molecule is COCCNC(=O)C(C)Nc1nc(Cl)c(Cl)cc1Cl. The van der Waals surface area contributed by atoms with Gasteiger partial charge in [-0.15, -0.1) is 0 Å². The van der Waals surface area contributed by atoms with Crippen molar-refractivity contribution in [1.82, 2.24) is 10.3 Å². The van der Waals surface area contributed by atoms with Crippen LogP contribution in [0.25, 0.3) is 0 Å². The largest absolute Gasteiger partial charge is 0.383 e. The second-order valence-electron chi connectivity index (χ2n) is 3.74. The van der Waals surface area contributed by atoms with Crippen LogP contribution in [0.4, 0.5) is 5.82 Å². The minimum Gasteiger partial charge on any atom is -0.383 e. The van der Waals surface area contributed by atoms with Crippen molar-refractivity contribution in [2.24, 2.45) is 0 Å². The minimum atomic E-state index is -0.515. The van der Waals surface area contributed by atoms with Crippen molar-refractivity contribution in [2.45, 2.75) is 13.0 Å². The Morgan fingerprint density at radius 1 is 1.42 bits per heavy atom. The Kier molecular flexibility index (Phi) is 6.65. The van der Waals surface area contributed by atoms with Crippen LogP contribution < -0.4 is 10.6 Å². The van der Waals surface area contributed by atoms with E-state index in [1.54, 1.807) is 14.0 Å². The van der Waals surface area contributed by atoms with E-state index in [4.69, 9.17) is 39.5 Å². The zero-order chi connectivity index (χ0) is 14.4. The number of aromatic nitrogens is 1. The average molecular weight is 327 g/mol. The van der Waals surface area contributed by atoms with Gasteiger partial charge in [0.2, 0.25) is 5.91 Å². The Morgan fingerprint density at radius 2 is 2.11 bits per heavy atom. The number of amides is 1. The average Bonchev–Trinajstić information content (AvgIpc) is 2.36. The Labute approximate surface area is 126 Å². The molecular formula is C11H14Cl3N3O2. The molecule has 8 heteroatoms. The van der Waals surface area contributed by atoms with E-state index in [0.29, 0.717) is 24.0 Å². The molecule has 0 aliphatic carbocycles. The third kappa shape index (κ3) is 5.03. The van der Waals surface area contributed by atoms with Crippen LogP contribution in [0.15, 0.2) is 6.07 Å². The lowest BCUT2D eigenvalue weighted by Crippen LogP contribution is -2.39. The van der Waals surface area contributed by atoms with E-state index in [-0.39, 0.29) is 16.1 Å². The fourth-order valence-corrected chi connectivity index (χ4v) is 1.80. The number of hydrogen-bond donors (Lipinski definition) is 2. The van der Waals surface area contributed by atoms with Crippen LogP contribution in [0.1, 0.15) is 6.92 Å². The highest BCUT2D eigenvalue weighted by molar-refractivity contribution is 6.42. The number of nitrogens with zero attached hydrogens (tertiary/aromatic N) is 1. The summed E-state index contributed by atoms with van der Waals surface area (Å²) in [6, 6.07) is 0.954. The Morgan fingerprint density at radius 3 is 2.74 bits per heavy atom. The fraction of sp³-hybridized carbons (Fsp3) is 0.455. The van der Waals surface area contributed by atoms with E-state index in [0.717, 1.165) is 0 Å². The smallest absolute Gasteiger partial charge is 0.242 e. The quantitative estimate of drug-likeness (QED) is 0.623. The predicted molar refractivity (Wildman–Crippen MR) is 77.2 cm³/mol. The van der Waals surface area contributed by atoms with Gasteiger partial charge in [-0.25, -0.2) is 4.98 Å². The third-order valence-electron chi connectivity index (χ3n) is 2.24. The summed E-state index contributed by atoms with van der Waals surface area (Å²) < 4.78 is 4.84. The van der Waals surface area contributed by atoms with Gasteiger partial charge in [-0.2, -0.15) is 0 Å². The lowest BCUT2D eigenvalue weighted by atomic mass is 10.3. The minimum absolute atomic E-state index is 0.126. The fourth-order valence-electron chi connectivity index (χ4n) is 1.25. The molecule has 5 nitrogen and oxygen atoms in total. The Bertz CT molecular complexity index is 457. The van der Waals surface area contributed by atoms with E-state index < -0.39 is 6.04 Å². The molecular weight excluding hydrogens is 312 g/mol. The number of pyridine rings is 1. The van der Waals surface area contributed by atoms with E-state index in [1.807, 2.05) is 0 Å². The maximum absolute atomic E-state index is 11.7. The summed E-state index contributed by atoms with van der Waals surface area (Å²) in [6.07, 6.45) is 0. The molecule has 0 spiro atoms. The molecule has 0 saturated heterocycles. The van der Waals surface area contributed by atoms with Crippen molar-refractivity contribution in [3.05, 3.63) is 21.3 Å². The normalized spacial score (nSPS) is 12.1. The van der Waals surface area contributed by atoms with Crippen molar-refractivity contribution in [3.8, 4) is 0 Å². The molecule has 1 aromatic heterocycles. The summed E-state index contributed by atoms with van der Waals surface area (Å²) in [4.78, 5) is 15.7. The molecule has 2 N–H and O–H groups in total. The zero-order valence-electron chi connectivity index (χ0n) is 10.5. The van der Waals surface area contributed by atoms with Gasteiger partial charge < -0.3 is 15.4 Å². The number of ether oxygens (including phenoxy) is 1. The number of hydrogen-bond acceptors (Lipinski definition) is 4. The van der Waals surface area contributed by atoms with E-state index in [2.05, 4.69) is 15.6 Å². The molecule has 106 valence electrons. The molecule has 1 atom stereocenters. The molecule has 1 rings (SSSR count). The van der Waals surface area contributed by atoms with Crippen molar-refractivity contribution in [2.75, 3.05) is 25.6 Å². The lowest BCUT2D eigenvalue weighted by molar-refractivity contribution is -0.121. The van der Waals surface area contributed by atoms with Crippen molar-refractivity contribution in [1.29, 1.82) is 0 Å². The van der Waals surface area contributed by atoms with Crippen LogP contribution >= 0.6 is 34.8 Å². The molecule has 1 aromatic rings. The molecule has 0 saturated carbocycles. The maximum atomic E-state index is 11.7. The first-order valence-electron chi connectivity index (χ1n) is 5.50. The maximum Gasteiger partial charge on any atom is 0.242 e. The van der Waals surface area contributed by atoms with Gasteiger partial charge in [-0.1, -0.05) is 34.8 Å². The van der Waals surface area contributed by atoms with Crippen LogP contribution in [0.2, 0.25) is 15.2 Å². The molecule has 0 bridgehead atoms. The van der Waals surface area contributed by atoms with Gasteiger partial charge >= 0.3 is 0 Å². The second-order valence-corrected chi connectivity index (χ2v) is 4.91. The highest BCUT2D eigenvalue weighted by Gasteiger charge is 2.15. The number of carbonyl (C=O) groups excluding carboxylic acids is 1. The number of methoxy groups -OCH3 is 1. The van der Waals surface area contributed by atoms with Crippen LogP contribution in [0.5, 0.6) is 0 Å². The predicted octanol–water partition coefficient (Wildman–Crippen LogP) is 2.60. The highest BCUT2D eigenvalue weighted by Crippen LogP contribution is 2.29. The summed E-state index contributed by atoms with van der Waals surface area (Å²) in [5.74, 6) is 0.117. The molecule has 1 heterocycles. The Hall–Kier alpha value is -0.750. The van der Waals surface area contributed by atoms with Crippen LogP contribution in [0, 0.1) is 0 Å². The molecule has 1 unspecified atom stereocenters. The second kappa shape index (κ2) is 7.75. The molecule has 0 aliphatic rings. The molecule has 0 aromatic carbocycles. The monoisotopic (exact) mass is 325 g/mol. The van der Waals surface area contributed by atoms with E-state index >= 15 is 0 Å². The first-order valence-corrected chi connectivity index (χ1v) is 6.63. The van der Waals surface area contributed by atoms with E-state index in [1.165, 1.54) is 6.07 Å². The van der Waals surface area contributed by atoms with Gasteiger partial charge in [0.15, 0.2) is 0 Å². The molecule has 0 fully saturated rings. The number of halogens is 3. The topological polar surface area (TPSA) is 63.2 Å². The molecule has 19 heavy (non-hydrogen) atoms. The van der Waals surface area contributed by atoms with Crippen LogP contribution in [0.3, 0.4) is 0 Å². The lowest BCUT2D eigenvalue weighted by Gasteiger charge is -2.15. The third-order valence-corrected chi connectivity index (χ3v) is 3.20. The standard InChI is InChI=1S/C11H14Cl3N3O2/c1-6(11(18)15-3-4-19-2)16-10-8(13)5-7(12)9(14)17-10/h5-6H,3-4H2,1-2H3,(H,15,18)(H,16,17). The number of anilines is 1. The summed E-state index contributed by atoms with van der Waals surface area (Å²) >= 11 is 17.5. The van der Waals surface area contributed by atoms with Gasteiger partial charge in [-0.05, 0) is 13.0 Å². The molecule has 0 aliphatic heterocycles. The van der Waals surface area contributed by atoms with Crippen LogP contribution in [-0.2, 0) is 9.53 Å². The van der Waals surface area contributed by atoms with Gasteiger partial charge in [-0.3, -0.25) is 4.79 Å². The van der Waals surface area contributed by atoms with Gasteiger partial charge in [0, 0.05) is 13.7 Å². The first kappa shape index (κ1) is 16.3. The zero-order valence-corrected chi connectivity index (χ0v) is 12.7. The van der Waals surface area contributed by atoms with Crippen molar-refractivity contribution >= 4 is 46.5 Å². The summed E-state index contributed by atoms with van der Waals surface area (Å²) in [5, 5.41) is 6.24.